The Morgan fingerprint density at radius 3 is 2.56 bits per heavy atom. The Hall–Kier alpha value is -2.41. The van der Waals surface area contributed by atoms with Crippen molar-refractivity contribution in [1.29, 1.82) is 0 Å². The summed E-state index contributed by atoms with van der Waals surface area (Å²) in [5.74, 6) is -0.869. The van der Waals surface area contributed by atoms with Crippen LogP contribution in [0.4, 0.5) is 0 Å². The molecule has 1 aromatic heterocycles. The van der Waals surface area contributed by atoms with E-state index in [1.807, 2.05) is 0 Å². The zero-order valence-corrected chi connectivity index (χ0v) is 15.4. The van der Waals surface area contributed by atoms with Crippen molar-refractivity contribution in [2.24, 2.45) is 0 Å². The van der Waals surface area contributed by atoms with Gasteiger partial charge in [-0.2, -0.15) is 0 Å². The number of carbonyl (C=O) groups excluding carboxylic acids is 2. The third kappa shape index (κ3) is 4.79. The van der Waals surface area contributed by atoms with Crippen molar-refractivity contribution < 1.29 is 14.3 Å². The van der Waals surface area contributed by atoms with E-state index in [1.165, 1.54) is 18.4 Å². The number of methoxy groups -OCH3 is 1. The summed E-state index contributed by atoms with van der Waals surface area (Å²) in [7, 11) is 1.29. The predicted molar refractivity (Wildman–Crippen MR) is 97.9 cm³/mol. The van der Waals surface area contributed by atoms with E-state index >= 15 is 0 Å². The Bertz CT molecular complexity index is 728. The molecule has 25 heavy (non-hydrogen) atoms. The first-order valence-corrected chi connectivity index (χ1v) is 9.05. The van der Waals surface area contributed by atoms with Gasteiger partial charge in [0, 0.05) is 5.38 Å². The summed E-state index contributed by atoms with van der Waals surface area (Å²) >= 11 is 1.47. The number of hydrogen-bond acceptors (Lipinski definition) is 6. The Morgan fingerprint density at radius 1 is 1.28 bits per heavy atom. The van der Waals surface area contributed by atoms with Gasteiger partial charge in [0.15, 0.2) is 0 Å². The minimum atomic E-state index is -0.555. The molecule has 7 heteroatoms. The van der Waals surface area contributed by atoms with E-state index in [2.05, 4.69) is 40.4 Å². The second-order valence-electron chi connectivity index (χ2n) is 5.74. The van der Waals surface area contributed by atoms with Crippen molar-refractivity contribution in [1.82, 2.24) is 15.6 Å². The van der Waals surface area contributed by atoms with E-state index in [0.29, 0.717) is 17.1 Å². The van der Waals surface area contributed by atoms with Gasteiger partial charge in [-0.25, -0.2) is 9.78 Å². The molecule has 0 radical (unpaired) electrons. The number of esters is 1. The first kappa shape index (κ1) is 18.9. The maximum Gasteiger partial charge on any atom is 0.353 e. The van der Waals surface area contributed by atoms with Crippen molar-refractivity contribution in [3.63, 3.8) is 0 Å². The maximum absolute atomic E-state index is 12.4. The van der Waals surface area contributed by atoms with Gasteiger partial charge in [-0.15, -0.1) is 11.3 Å². The summed E-state index contributed by atoms with van der Waals surface area (Å²) in [4.78, 5) is 28.3. The number of allylic oxidation sites excluding steroid dienone is 1. The van der Waals surface area contributed by atoms with Crippen LogP contribution in [0, 0.1) is 0 Å². The highest BCUT2D eigenvalue weighted by atomic mass is 32.1. The average Bonchev–Trinajstić information content (AvgIpc) is 3.00. The molecule has 0 spiro atoms. The highest BCUT2D eigenvalue weighted by molar-refractivity contribution is 7.09. The van der Waals surface area contributed by atoms with Gasteiger partial charge in [-0.3, -0.25) is 4.79 Å². The molecule has 1 fully saturated rings. The minimum Gasteiger partial charge on any atom is -0.464 e. The summed E-state index contributed by atoms with van der Waals surface area (Å²) in [5.41, 5.74) is 2.60. The molecule has 0 bridgehead atoms. The van der Waals surface area contributed by atoms with Gasteiger partial charge < -0.3 is 15.4 Å². The van der Waals surface area contributed by atoms with Crippen LogP contribution in [0.2, 0.25) is 0 Å². The third-order valence-electron chi connectivity index (χ3n) is 3.83. The quantitative estimate of drug-likeness (QED) is 0.549. The predicted octanol–water partition coefficient (Wildman–Crippen LogP) is 3.05. The molecule has 1 aromatic rings. The van der Waals surface area contributed by atoms with Crippen molar-refractivity contribution in [2.75, 3.05) is 7.11 Å². The third-order valence-corrected chi connectivity index (χ3v) is 4.74. The normalized spacial score (nSPS) is 12.8. The second-order valence-corrected chi connectivity index (χ2v) is 6.68. The van der Waals surface area contributed by atoms with Crippen molar-refractivity contribution in [2.45, 2.75) is 39.0 Å². The highest BCUT2D eigenvalue weighted by Crippen LogP contribution is 2.30. The first-order chi connectivity index (χ1) is 12.0. The molecule has 1 aliphatic carbocycles. The number of hydrogen-bond donors (Lipinski definition) is 2. The van der Waals surface area contributed by atoms with Crippen molar-refractivity contribution >= 4 is 23.2 Å². The van der Waals surface area contributed by atoms with Crippen molar-refractivity contribution in [3.05, 3.63) is 51.9 Å². The molecule has 1 amide bonds. The number of ether oxygens (including phenoxy) is 1. The summed E-state index contributed by atoms with van der Waals surface area (Å²) < 4.78 is 4.65. The van der Waals surface area contributed by atoms with Crippen LogP contribution in [0.3, 0.4) is 0 Å². The number of aryl methyl sites for hydroxylation is 1. The molecule has 0 saturated heterocycles. The lowest BCUT2D eigenvalue weighted by molar-refractivity contribution is -0.136. The Kier molecular flexibility index (Phi) is 6.52. The zero-order chi connectivity index (χ0) is 18.4. The summed E-state index contributed by atoms with van der Waals surface area (Å²) in [6.07, 6.45) is 4.69. The van der Waals surface area contributed by atoms with Gasteiger partial charge in [0.25, 0.3) is 5.91 Å². The fraction of sp³-hybridized carbons (Fsp3) is 0.389. The van der Waals surface area contributed by atoms with Gasteiger partial charge >= 0.3 is 5.97 Å². The van der Waals surface area contributed by atoms with Crippen molar-refractivity contribution in [3.8, 4) is 0 Å². The molecule has 6 nitrogen and oxygen atoms in total. The monoisotopic (exact) mass is 361 g/mol. The lowest BCUT2D eigenvalue weighted by Crippen LogP contribution is -2.31. The molecular weight excluding hydrogens is 338 g/mol. The molecule has 1 aliphatic rings. The van der Waals surface area contributed by atoms with Gasteiger partial charge in [-0.1, -0.05) is 20.1 Å². The van der Waals surface area contributed by atoms with E-state index in [4.69, 9.17) is 0 Å². The highest BCUT2D eigenvalue weighted by Gasteiger charge is 2.21. The van der Waals surface area contributed by atoms with Crippen LogP contribution in [-0.2, 0) is 16.0 Å². The second kappa shape index (κ2) is 8.62. The molecule has 0 aromatic carbocycles. The van der Waals surface area contributed by atoms with Gasteiger partial charge in [-0.05, 0) is 37.7 Å². The number of carbonyl (C=O) groups is 2. The number of rotatable bonds is 8. The number of amides is 1. The van der Waals surface area contributed by atoms with E-state index in [1.54, 1.807) is 5.38 Å². The Labute approximate surface area is 151 Å². The minimum absolute atomic E-state index is 0.103. The topological polar surface area (TPSA) is 80.3 Å². The smallest absolute Gasteiger partial charge is 0.353 e. The largest absolute Gasteiger partial charge is 0.464 e. The van der Waals surface area contributed by atoms with E-state index < -0.39 is 5.97 Å². The molecule has 1 heterocycles. The van der Waals surface area contributed by atoms with Gasteiger partial charge in [0.1, 0.15) is 11.4 Å². The fourth-order valence-electron chi connectivity index (χ4n) is 2.31. The molecule has 2 rings (SSSR count). The van der Waals surface area contributed by atoms with Gasteiger partial charge in [0.05, 0.1) is 23.5 Å². The Morgan fingerprint density at radius 2 is 2.00 bits per heavy atom. The lowest BCUT2D eigenvalue weighted by Gasteiger charge is -2.25. The molecular formula is C18H23N3O3S. The Balaban J connectivity index is 2.08. The molecule has 1 saturated carbocycles. The fourth-order valence-corrected chi connectivity index (χ4v) is 3.19. The molecule has 0 atom stereocenters. The number of thiazole rings is 1. The van der Waals surface area contributed by atoms with E-state index in [-0.39, 0.29) is 11.6 Å². The first-order valence-electron chi connectivity index (χ1n) is 8.17. The SMILES string of the molecule is C=C(NC(C(=C)NC(=O)c1csc(CCC)n1)=C1CCC1)C(=O)OC. The molecule has 0 aliphatic heterocycles. The van der Waals surface area contributed by atoms with Crippen LogP contribution < -0.4 is 10.6 Å². The number of aromatic nitrogens is 1. The number of nitrogens with one attached hydrogen (secondary N) is 2. The maximum atomic E-state index is 12.4. The van der Waals surface area contributed by atoms with Crippen LogP contribution in [-0.4, -0.2) is 24.0 Å². The van der Waals surface area contributed by atoms with Gasteiger partial charge in [0.2, 0.25) is 0 Å². The number of nitrogens with zero attached hydrogens (tertiary/aromatic N) is 1. The molecule has 2 N–H and O–H groups in total. The standard InChI is InChI=1S/C18H23N3O3S/c1-5-7-15-21-14(10-25-15)17(22)20-11(2)16(13-8-6-9-13)19-12(3)18(23)24-4/h10,19H,2-3,5-9H2,1,4H3,(H,20,22). The average molecular weight is 361 g/mol. The summed E-state index contributed by atoms with van der Waals surface area (Å²) in [6, 6.07) is 0. The lowest BCUT2D eigenvalue weighted by atomic mass is 9.89. The van der Waals surface area contributed by atoms with Crippen LogP contribution >= 0.6 is 11.3 Å². The van der Waals surface area contributed by atoms with Crippen LogP contribution in [0.25, 0.3) is 0 Å². The van der Waals surface area contributed by atoms with Crippen LogP contribution in [0.1, 0.15) is 48.1 Å². The summed E-state index contributed by atoms with van der Waals surface area (Å²) in [6.45, 7) is 9.67. The van der Waals surface area contributed by atoms with Crippen LogP contribution in [0.5, 0.6) is 0 Å². The molecule has 0 unspecified atom stereocenters. The van der Waals surface area contributed by atoms with Crippen LogP contribution in [0.15, 0.2) is 41.2 Å². The molecule has 134 valence electrons. The summed E-state index contributed by atoms with van der Waals surface area (Å²) in [5, 5.41) is 8.37. The van der Waals surface area contributed by atoms with E-state index in [9.17, 15) is 9.59 Å². The zero-order valence-electron chi connectivity index (χ0n) is 14.6. The van der Waals surface area contributed by atoms with E-state index in [0.717, 1.165) is 42.7 Å².